The molecule has 0 aliphatic carbocycles. The minimum absolute atomic E-state index is 0. The third-order valence-corrected chi connectivity index (χ3v) is 5.71. The smallest absolute Gasteiger partial charge is 0.191 e. The fourth-order valence-electron chi connectivity index (χ4n) is 3.84. The first-order chi connectivity index (χ1) is 16.3. The summed E-state index contributed by atoms with van der Waals surface area (Å²) < 4.78 is 7.30. The number of guanidine groups is 1. The van der Waals surface area contributed by atoms with Gasteiger partial charge < -0.3 is 15.4 Å². The highest BCUT2D eigenvalue weighted by Crippen LogP contribution is 2.11. The van der Waals surface area contributed by atoms with Crippen LogP contribution in [0.15, 0.2) is 72.0 Å². The van der Waals surface area contributed by atoms with Crippen LogP contribution in [-0.2, 0) is 24.2 Å². The van der Waals surface area contributed by atoms with Crippen LogP contribution in [0, 0.1) is 0 Å². The average molecular weight is 575 g/mol. The first kappa shape index (κ1) is 26.2. The van der Waals surface area contributed by atoms with Gasteiger partial charge in [-0.05, 0) is 48.2 Å². The van der Waals surface area contributed by atoms with Crippen molar-refractivity contribution in [3.05, 3.63) is 83.7 Å². The molecule has 2 heterocycles. The normalized spacial score (nSPS) is 14.4. The van der Waals surface area contributed by atoms with E-state index in [9.17, 15) is 0 Å². The van der Waals surface area contributed by atoms with Crippen LogP contribution < -0.4 is 10.6 Å². The van der Waals surface area contributed by atoms with Crippen molar-refractivity contribution in [2.24, 2.45) is 4.99 Å². The van der Waals surface area contributed by atoms with E-state index in [1.165, 1.54) is 16.7 Å². The van der Waals surface area contributed by atoms with Crippen LogP contribution in [0.1, 0.15) is 23.6 Å². The molecule has 182 valence electrons. The van der Waals surface area contributed by atoms with Crippen molar-refractivity contribution in [1.82, 2.24) is 25.3 Å². The molecule has 34 heavy (non-hydrogen) atoms. The summed E-state index contributed by atoms with van der Waals surface area (Å²) in [7, 11) is 0. The first-order valence-corrected chi connectivity index (χ1v) is 11.8. The highest BCUT2D eigenvalue weighted by molar-refractivity contribution is 14.0. The van der Waals surface area contributed by atoms with Gasteiger partial charge in [-0.1, -0.05) is 36.4 Å². The molecule has 2 N–H and O–H groups in total. The van der Waals surface area contributed by atoms with Gasteiger partial charge in [-0.3, -0.25) is 4.90 Å². The predicted molar refractivity (Wildman–Crippen MR) is 148 cm³/mol. The minimum atomic E-state index is 0. The van der Waals surface area contributed by atoms with Crippen molar-refractivity contribution >= 4 is 29.9 Å². The van der Waals surface area contributed by atoms with Gasteiger partial charge in [0.05, 0.1) is 25.4 Å². The lowest BCUT2D eigenvalue weighted by Crippen LogP contribution is -2.38. The van der Waals surface area contributed by atoms with Crippen molar-refractivity contribution in [1.29, 1.82) is 0 Å². The van der Waals surface area contributed by atoms with Gasteiger partial charge in [0, 0.05) is 45.1 Å². The lowest BCUT2D eigenvalue weighted by Gasteiger charge is -2.26. The molecule has 1 saturated heterocycles. The summed E-state index contributed by atoms with van der Waals surface area (Å²) in [6.45, 7) is 9.09. The molecule has 0 unspecified atom stereocenters. The maximum atomic E-state index is 5.43. The number of rotatable bonds is 9. The maximum Gasteiger partial charge on any atom is 0.191 e. The molecule has 0 atom stereocenters. The molecular formula is C26H35IN6O. The van der Waals surface area contributed by atoms with Gasteiger partial charge in [-0.25, -0.2) is 9.67 Å². The Kier molecular flexibility index (Phi) is 10.8. The van der Waals surface area contributed by atoms with E-state index in [2.05, 4.69) is 76.1 Å². The van der Waals surface area contributed by atoms with E-state index in [1.54, 1.807) is 6.20 Å². The standard InChI is InChI=1S/C26H34N6O.HI/c1-2-27-26(28-14-12-22-8-10-25(11-9-22)32-15-3-13-30-32)29-20-23-4-6-24(7-5-23)21-31-16-18-33-19-17-31;/h3-11,13,15H,2,12,14,16-21H2,1H3,(H2,27,28,29);1H. The number of hydrogen-bond donors (Lipinski definition) is 2. The molecule has 1 aliphatic rings. The quantitative estimate of drug-likeness (QED) is 0.232. The van der Waals surface area contributed by atoms with Gasteiger partial charge in [-0.15, -0.1) is 24.0 Å². The number of aliphatic imine (C=N–C) groups is 1. The first-order valence-electron chi connectivity index (χ1n) is 11.8. The van der Waals surface area contributed by atoms with Gasteiger partial charge >= 0.3 is 0 Å². The Hall–Kier alpha value is -2.43. The van der Waals surface area contributed by atoms with Crippen LogP contribution in [0.5, 0.6) is 0 Å². The van der Waals surface area contributed by atoms with E-state index in [0.717, 1.165) is 64.0 Å². The highest BCUT2D eigenvalue weighted by Gasteiger charge is 2.10. The zero-order valence-corrected chi connectivity index (χ0v) is 22.2. The van der Waals surface area contributed by atoms with Crippen molar-refractivity contribution in [3.8, 4) is 5.69 Å². The summed E-state index contributed by atoms with van der Waals surface area (Å²) in [4.78, 5) is 7.20. The highest BCUT2D eigenvalue weighted by atomic mass is 127. The Balaban J connectivity index is 0.00000324. The lowest BCUT2D eigenvalue weighted by molar-refractivity contribution is 0.0342. The number of morpholine rings is 1. The van der Waals surface area contributed by atoms with E-state index in [0.29, 0.717) is 6.54 Å². The number of aromatic nitrogens is 2. The van der Waals surface area contributed by atoms with Crippen LogP contribution in [0.4, 0.5) is 0 Å². The predicted octanol–water partition coefficient (Wildman–Crippen LogP) is 3.62. The number of nitrogens with one attached hydrogen (secondary N) is 2. The summed E-state index contributed by atoms with van der Waals surface area (Å²) in [6, 6.07) is 19.2. The van der Waals surface area contributed by atoms with Gasteiger partial charge in [0.25, 0.3) is 0 Å². The number of nitrogens with zero attached hydrogens (tertiary/aromatic N) is 4. The fraction of sp³-hybridized carbons (Fsp3) is 0.385. The van der Waals surface area contributed by atoms with Crippen molar-refractivity contribution in [2.75, 3.05) is 39.4 Å². The third kappa shape index (κ3) is 8.11. The summed E-state index contributed by atoms with van der Waals surface area (Å²) in [6.07, 6.45) is 4.67. The minimum Gasteiger partial charge on any atom is -0.379 e. The van der Waals surface area contributed by atoms with Gasteiger partial charge in [0.15, 0.2) is 5.96 Å². The monoisotopic (exact) mass is 574 g/mol. The molecule has 0 radical (unpaired) electrons. The van der Waals surface area contributed by atoms with Crippen LogP contribution in [0.2, 0.25) is 0 Å². The molecule has 8 heteroatoms. The van der Waals surface area contributed by atoms with E-state index in [1.807, 2.05) is 16.9 Å². The largest absolute Gasteiger partial charge is 0.379 e. The zero-order valence-electron chi connectivity index (χ0n) is 19.8. The second-order valence-electron chi connectivity index (χ2n) is 8.19. The maximum absolute atomic E-state index is 5.43. The molecule has 0 spiro atoms. The van der Waals surface area contributed by atoms with Crippen LogP contribution >= 0.6 is 24.0 Å². The second-order valence-corrected chi connectivity index (χ2v) is 8.19. The molecule has 1 aliphatic heterocycles. The Bertz CT molecular complexity index is 983. The second kappa shape index (κ2) is 14.1. The van der Waals surface area contributed by atoms with Crippen LogP contribution in [0.3, 0.4) is 0 Å². The van der Waals surface area contributed by atoms with E-state index < -0.39 is 0 Å². The molecule has 1 aromatic heterocycles. The summed E-state index contributed by atoms with van der Waals surface area (Å²) >= 11 is 0. The van der Waals surface area contributed by atoms with Crippen molar-refractivity contribution < 1.29 is 4.74 Å². The zero-order chi connectivity index (χ0) is 22.7. The summed E-state index contributed by atoms with van der Waals surface area (Å²) in [5.41, 5.74) is 4.91. The SMILES string of the molecule is CCNC(=NCc1ccc(CN2CCOCC2)cc1)NCCc1ccc(-n2cccn2)cc1.I. The van der Waals surface area contributed by atoms with Gasteiger partial charge in [-0.2, -0.15) is 5.10 Å². The molecule has 2 aromatic carbocycles. The molecular weight excluding hydrogens is 539 g/mol. The van der Waals surface area contributed by atoms with Crippen LogP contribution in [0.25, 0.3) is 5.69 Å². The Morgan fingerprint density at radius 1 is 0.971 bits per heavy atom. The Morgan fingerprint density at radius 2 is 1.68 bits per heavy atom. The third-order valence-electron chi connectivity index (χ3n) is 5.71. The molecule has 0 saturated carbocycles. The lowest BCUT2D eigenvalue weighted by atomic mass is 10.1. The number of halogens is 1. The molecule has 1 fully saturated rings. The van der Waals surface area contributed by atoms with E-state index in [-0.39, 0.29) is 24.0 Å². The Morgan fingerprint density at radius 3 is 2.35 bits per heavy atom. The molecule has 4 rings (SSSR count). The molecule has 7 nitrogen and oxygen atoms in total. The topological polar surface area (TPSA) is 66.7 Å². The molecule has 3 aromatic rings. The molecule has 0 amide bonds. The van der Waals surface area contributed by atoms with Gasteiger partial charge in [0.1, 0.15) is 0 Å². The summed E-state index contributed by atoms with van der Waals surface area (Å²) in [5.74, 6) is 0.850. The molecule has 0 bridgehead atoms. The number of ether oxygens (including phenoxy) is 1. The number of hydrogen-bond acceptors (Lipinski definition) is 4. The average Bonchev–Trinajstić information content (AvgIpc) is 3.40. The number of benzene rings is 2. The van der Waals surface area contributed by atoms with Crippen molar-refractivity contribution in [2.45, 2.75) is 26.4 Å². The van der Waals surface area contributed by atoms with E-state index >= 15 is 0 Å². The van der Waals surface area contributed by atoms with Crippen LogP contribution in [-0.4, -0.2) is 60.0 Å². The summed E-state index contributed by atoms with van der Waals surface area (Å²) in [5, 5.41) is 11.1. The van der Waals surface area contributed by atoms with Crippen molar-refractivity contribution in [3.63, 3.8) is 0 Å². The van der Waals surface area contributed by atoms with E-state index in [4.69, 9.17) is 9.73 Å². The Labute approximate surface area is 219 Å². The van der Waals surface area contributed by atoms with Gasteiger partial charge in [0.2, 0.25) is 0 Å². The fourth-order valence-corrected chi connectivity index (χ4v) is 3.84.